The second-order valence-electron chi connectivity index (χ2n) is 2.47. The summed E-state index contributed by atoms with van der Waals surface area (Å²) in [5.41, 5.74) is 6.19. The van der Waals surface area contributed by atoms with Crippen molar-refractivity contribution >= 4 is 23.2 Å². The summed E-state index contributed by atoms with van der Waals surface area (Å²) in [5.74, 6) is -0.257. The molecule has 1 rings (SSSR count). The number of nitrogen functional groups attached to an aromatic ring is 1. The highest BCUT2D eigenvalue weighted by atomic mass is 35.5. The van der Waals surface area contributed by atoms with E-state index in [0.717, 1.165) is 0 Å². The van der Waals surface area contributed by atoms with Crippen LogP contribution in [0, 0.1) is 0 Å². The molecule has 3 N–H and O–H groups in total. The van der Waals surface area contributed by atoms with E-state index in [9.17, 15) is 4.79 Å². The molecule has 0 bridgehead atoms. The average Bonchev–Trinajstić information content (AvgIpc) is 2.09. The van der Waals surface area contributed by atoms with Crippen molar-refractivity contribution in [2.24, 2.45) is 0 Å². The van der Waals surface area contributed by atoms with Gasteiger partial charge in [-0.1, -0.05) is 11.6 Å². The fraction of sp³-hybridized carbons (Fsp3) is 0.250. The Morgan fingerprint density at radius 2 is 2.46 bits per heavy atom. The molecule has 1 heterocycles. The number of nitrogens with one attached hydrogen (secondary N) is 1. The van der Waals surface area contributed by atoms with E-state index in [4.69, 9.17) is 17.3 Å². The molecular weight excluding hydrogens is 190 g/mol. The van der Waals surface area contributed by atoms with Gasteiger partial charge in [0.05, 0.1) is 17.4 Å². The number of halogens is 1. The third-order valence-electron chi connectivity index (χ3n) is 1.44. The molecule has 0 aliphatic carbocycles. The topological polar surface area (TPSA) is 68.0 Å². The summed E-state index contributed by atoms with van der Waals surface area (Å²) in [6, 6.07) is 1.50. The van der Waals surface area contributed by atoms with Gasteiger partial charge in [-0.3, -0.25) is 4.79 Å². The predicted octanol–water partition coefficient (Wildman–Crippen LogP) is 1.07. The Kier molecular flexibility index (Phi) is 3.08. The van der Waals surface area contributed by atoms with Gasteiger partial charge in [0, 0.05) is 6.54 Å². The minimum Gasteiger partial charge on any atom is -0.397 e. The number of amides is 1. The molecular formula is C8H10ClN3O. The summed E-state index contributed by atoms with van der Waals surface area (Å²) >= 11 is 5.70. The summed E-state index contributed by atoms with van der Waals surface area (Å²) in [5, 5.41) is 2.78. The Hall–Kier alpha value is -1.29. The van der Waals surface area contributed by atoms with Crippen LogP contribution in [0.5, 0.6) is 0 Å². The van der Waals surface area contributed by atoms with E-state index >= 15 is 0 Å². The number of nitrogens with two attached hydrogens (primary N) is 1. The molecule has 0 spiro atoms. The minimum atomic E-state index is -0.257. The van der Waals surface area contributed by atoms with Crippen LogP contribution in [-0.4, -0.2) is 17.4 Å². The van der Waals surface area contributed by atoms with Crippen molar-refractivity contribution in [1.82, 2.24) is 10.3 Å². The summed E-state index contributed by atoms with van der Waals surface area (Å²) < 4.78 is 0. The number of hydrogen-bond acceptors (Lipinski definition) is 3. The Labute approximate surface area is 81.1 Å². The normalized spacial score (nSPS) is 9.69. The van der Waals surface area contributed by atoms with Gasteiger partial charge in [-0.15, -0.1) is 0 Å². The first-order valence-electron chi connectivity index (χ1n) is 3.84. The van der Waals surface area contributed by atoms with E-state index in [2.05, 4.69) is 10.3 Å². The summed E-state index contributed by atoms with van der Waals surface area (Å²) in [4.78, 5) is 15.1. The molecule has 0 atom stereocenters. The summed E-state index contributed by atoms with van der Waals surface area (Å²) in [6.45, 7) is 2.37. The van der Waals surface area contributed by atoms with Crippen molar-refractivity contribution in [3.63, 3.8) is 0 Å². The van der Waals surface area contributed by atoms with Crippen LogP contribution >= 0.6 is 11.6 Å². The zero-order valence-corrected chi connectivity index (χ0v) is 7.93. The minimum absolute atomic E-state index is 0.167. The second kappa shape index (κ2) is 4.09. The van der Waals surface area contributed by atoms with Crippen molar-refractivity contribution in [3.05, 3.63) is 23.0 Å². The molecule has 0 fully saturated rings. The Morgan fingerprint density at radius 1 is 1.77 bits per heavy atom. The molecule has 1 amide bonds. The monoisotopic (exact) mass is 199 g/mol. The molecule has 0 unspecified atom stereocenters. The van der Waals surface area contributed by atoms with Crippen LogP contribution in [0.25, 0.3) is 0 Å². The zero-order valence-electron chi connectivity index (χ0n) is 7.17. The molecule has 0 radical (unpaired) electrons. The van der Waals surface area contributed by atoms with Crippen molar-refractivity contribution in [2.75, 3.05) is 12.3 Å². The number of carbonyl (C=O) groups is 1. The van der Waals surface area contributed by atoms with Gasteiger partial charge in [-0.2, -0.15) is 0 Å². The third kappa shape index (κ3) is 2.32. The molecule has 5 heteroatoms. The van der Waals surface area contributed by atoms with E-state index in [0.29, 0.717) is 17.8 Å². The van der Waals surface area contributed by atoms with Crippen LogP contribution in [0.15, 0.2) is 12.3 Å². The Morgan fingerprint density at radius 3 is 3.08 bits per heavy atom. The molecule has 0 saturated carbocycles. The first-order chi connectivity index (χ1) is 6.15. The highest BCUT2D eigenvalue weighted by Gasteiger charge is 2.10. The van der Waals surface area contributed by atoms with E-state index in [1.165, 1.54) is 12.3 Å². The van der Waals surface area contributed by atoms with E-state index < -0.39 is 0 Å². The molecule has 0 aliphatic heterocycles. The average molecular weight is 200 g/mol. The third-order valence-corrected chi connectivity index (χ3v) is 1.74. The summed E-state index contributed by atoms with van der Waals surface area (Å²) in [7, 11) is 0. The number of pyridine rings is 1. The van der Waals surface area contributed by atoms with Gasteiger partial charge >= 0.3 is 0 Å². The van der Waals surface area contributed by atoms with Gasteiger partial charge in [0.25, 0.3) is 5.91 Å². The molecule has 70 valence electrons. The number of aromatic nitrogens is 1. The SMILES string of the molecule is CCNC(=O)c1cc(N)cnc1Cl. The first kappa shape index (κ1) is 9.80. The van der Waals surface area contributed by atoms with E-state index in [-0.39, 0.29) is 11.1 Å². The lowest BCUT2D eigenvalue weighted by Gasteiger charge is -2.03. The lowest BCUT2D eigenvalue weighted by Crippen LogP contribution is -2.23. The second-order valence-corrected chi connectivity index (χ2v) is 2.82. The first-order valence-corrected chi connectivity index (χ1v) is 4.22. The van der Waals surface area contributed by atoms with Gasteiger partial charge < -0.3 is 11.1 Å². The fourth-order valence-electron chi connectivity index (χ4n) is 0.879. The van der Waals surface area contributed by atoms with Crippen LogP contribution in [-0.2, 0) is 0 Å². The maximum Gasteiger partial charge on any atom is 0.254 e. The molecule has 13 heavy (non-hydrogen) atoms. The zero-order chi connectivity index (χ0) is 9.84. The van der Waals surface area contributed by atoms with Crippen LogP contribution in [0.2, 0.25) is 5.15 Å². The van der Waals surface area contributed by atoms with Crippen molar-refractivity contribution in [1.29, 1.82) is 0 Å². The molecule has 1 aromatic heterocycles. The highest BCUT2D eigenvalue weighted by Crippen LogP contribution is 2.14. The van der Waals surface area contributed by atoms with E-state index in [1.807, 2.05) is 6.92 Å². The lowest BCUT2D eigenvalue weighted by atomic mass is 10.2. The maximum absolute atomic E-state index is 11.3. The lowest BCUT2D eigenvalue weighted by molar-refractivity contribution is 0.0955. The van der Waals surface area contributed by atoms with Crippen molar-refractivity contribution in [2.45, 2.75) is 6.92 Å². The number of hydrogen-bond donors (Lipinski definition) is 2. The van der Waals surface area contributed by atoms with Gasteiger partial charge in [0.15, 0.2) is 0 Å². The van der Waals surface area contributed by atoms with Crippen LogP contribution < -0.4 is 11.1 Å². The maximum atomic E-state index is 11.3. The van der Waals surface area contributed by atoms with Gasteiger partial charge in [-0.25, -0.2) is 4.98 Å². The largest absolute Gasteiger partial charge is 0.397 e. The van der Waals surface area contributed by atoms with Gasteiger partial charge in [0.2, 0.25) is 0 Å². The quantitative estimate of drug-likeness (QED) is 0.700. The number of carbonyl (C=O) groups excluding carboxylic acids is 1. The Balaban J connectivity index is 2.99. The van der Waals surface area contributed by atoms with Gasteiger partial charge in [0.1, 0.15) is 5.15 Å². The Bertz CT molecular complexity index is 327. The number of anilines is 1. The van der Waals surface area contributed by atoms with Crippen LogP contribution in [0.1, 0.15) is 17.3 Å². The number of rotatable bonds is 2. The summed E-state index contributed by atoms with van der Waals surface area (Å²) in [6.07, 6.45) is 1.41. The molecule has 4 nitrogen and oxygen atoms in total. The van der Waals surface area contributed by atoms with Crippen molar-refractivity contribution < 1.29 is 4.79 Å². The molecule has 0 saturated heterocycles. The highest BCUT2D eigenvalue weighted by molar-refractivity contribution is 6.32. The van der Waals surface area contributed by atoms with Gasteiger partial charge in [-0.05, 0) is 13.0 Å². The fourth-order valence-corrected chi connectivity index (χ4v) is 1.07. The molecule has 0 aromatic carbocycles. The van der Waals surface area contributed by atoms with Crippen LogP contribution in [0.3, 0.4) is 0 Å². The van der Waals surface area contributed by atoms with Crippen LogP contribution in [0.4, 0.5) is 5.69 Å². The molecule has 1 aromatic rings. The standard InChI is InChI=1S/C8H10ClN3O/c1-2-11-8(13)6-3-5(10)4-12-7(6)9/h3-4H,2,10H2,1H3,(H,11,13). The molecule has 0 aliphatic rings. The predicted molar refractivity (Wildman–Crippen MR) is 51.7 cm³/mol. The number of nitrogens with zero attached hydrogens (tertiary/aromatic N) is 1. The smallest absolute Gasteiger partial charge is 0.254 e. The van der Waals surface area contributed by atoms with E-state index in [1.54, 1.807) is 0 Å². The van der Waals surface area contributed by atoms with Crippen molar-refractivity contribution in [3.8, 4) is 0 Å².